The van der Waals surface area contributed by atoms with Gasteiger partial charge < -0.3 is 5.32 Å². The fraction of sp³-hybridized carbons (Fsp3) is 0.714. The van der Waals surface area contributed by atoms with E-state index in [0.717, 1.165) is 10.6 Å². The van der Waals surface area contributed by atoms with Crippen LogP contribution in [0.4, 0.5) is 18.3 Å². The molecule has 124 valence electrons. The lowest BCUT2D eigenvalue weighted by Gasteiger charge is -2.36. The maximum atomic E-state index is 12.8. The molecule has 0 bridgehead atoms. The number of likely N-dealkylation sites (tertiary alicyclic amines) is 1. The van der Waals surface area contributed by atoms with Crippen LogP contribution in [0.5, 0.6) is 0 Å². The van der Waals surface area contributed by atoms with E-state index in [1.165, 1.54) is 11.3 Å². The molecule has 0 unspecified atom stereocenters. The van der Waals surface area contributed by atoms with Gasteiger partial charge in [0, 0.05) is 11.4 Å². The van der Waals surface area contributed by atoms with Crippen LogP contribution in [-0.2, 0) is 4.79 Å². The summed E-state index contributed by atoms with van der Waals surface area (Å²) in [6.07, 6.45) is -3.60. The number of nitrogens with one attached hydrogen (secondary N) is 1. The van der Waals surface area contributed by atoms with Crippen LogP contribution in [0.25, 0.3) is 0 Å². The Labute approximate surface area is 131 Å². The Morgan fingerprint density at radius 2 is 2.14 bits per heavy atom. The predicted molar refractivity (Wildman–Crippen MR) is 80.0 cm³/mol. The van der Waals surface area contributed by atoms with E-state index in [-0.39, 0.29) is 18.9 Å². The van der Waals surface area contributed by atoms with Gasteiger partial charge in [0.1, 0.15) is 0 Å². The Morgan fingerprint density at radius 3 is 2.68 bits per heavy atom. The minimum Gasteiger partial charge on any atom is -0.301 e. The summed E-state index contributed by atoms with van der Waals surface area (Å²) in [7, 11) is 0. The number of carbonyl (C=O) groups excluding carboxylic acids is 1. The lowest BCUT2D eigenvalue weighted by molar-refractivity contribution is -0.188. The van der Waals surface area contributed by atoms with E-state index in [0.29, 0.717) is 18.1 Å². The Bertz CT molecular complexity index is 524. The molecule has 1 aliphatic heterocycles. The van der Waals surface area contributed by atoms with Crippen molar-refractivity contribution in [3.8, 4) is 0 Å². The summed E-state index contributed by atoms with van der Waals surface area (Å²) in [6, 6.07) is -0.602. The van der Waals surface area contributed by atoms with Gasteiger partial charge in [-0.2, -0.15) is 13.2 Å². The Balaban J connectivity index is 1.98. The molecular weight excluding hydrogens is 315 g/mol. The second-order valence-electron chi connectivity index (χ2n) is 5.70. The number of carbonyl (C=O) groups is 1. The molecule has 8 heteroatoms. The van der Waals surface area contributed by atoms with Gasteiger partial charge in [-0.05, 0) is 40.2 Å². The second-order valence-corrected chi connectivity index (χ2v) is 6.90. The lowest BCUT2D eigenvalue weighted by Crippen LogP contribution is -2.49. The van der Waals surface area contributed by atoms with E-state index < -0.39 is 18.1 Å². The van der Waals surface area contributed by atoms with E-state index in [1.54, 1.807) is 11.8 Å². The molecule has 1 aliphatic rings. The summed E-state index contributed by atoms with van der Waals surface area (Å²) < 4.78 is 38.5. The largest absolute Gasteiger partial charge is 0.393 e. The maximum Gasteiger partial charge on any atom is 0.393 e. The zero-order valence-corrected chi connectivity index (χ0v) is 13.6. The number of halogens is 3. The fourth-order valence-electron chi connectivity index (χ4n) is 2.53. The van der Waals surface area contributed by atoms with Crippen molar-refractivity contribution in [2.45, 2.75) is 45.8 Å². The van der Waals surface area contributed by atoms with Crippen LogP contribution >= 0.6 is 11.3 Å². The Hall–Kier alpha value is -1.15. The fourth-order valence-corrected chi connectivity index (χ4v) is 3.34. The molecule has 1 fully saturated rings. The number of hydrogen-bond donors (Lipinski definition) is 1. The molecule has 2 rings (SSSR count). The highest BCUT2D eigenvalue weighted by molar-refractivity contribution is 7.15. The normalized spacial score (nSPS) is 21.6. The quantitative estimate of drug-likeness (QED) is 0.921. The zero-order valence-electron chi connectivity index (χ0n) is 12.8. The number of hydrogen-bond acceptors (Lipinski definition) is 4. The van der Waals surface area contributed by atoms with Crippen LogP contribution in [-0.4, -0.2) is 41.1 Å². The molecule has 0 aliphatic carbocycles. The average molecular weight is 335 g/mol. The average Bonchev–Trinajstić information content (AvgIpc) is 2.75. The molecule has 1 aromatic rings. The highest BCUT2D eigenvalue weighted by Gasteiger charge is 2.43. The van der Waals surface area contributed by atoms with Crippen molar-refractivity contribution in [1.29, 1.82) is 0 Å². The molecule has 0 saturated carbocycles. The van der Waals surface area contributed by atoms with Gasteiger partial charge in [0.15, 0.2) is 5.13 Å². The molecule has 0 spiro atoms. The van der Waals surface area contributed by atoms with E-state index in [2.05, 4.69) is 10.3 Å². The SMILES string of the molecule is Cc1nc(NC(=O)[C@@H](C)N2CCC[C@H](C(F)(F)F)C2)sc1C. The van der Waals surface area contributed by atoms with Crippen molar-refractivity contribution in [2.75, 3.05) is 18.4 Å². The Kier molecular flexibility index (Phi) is 5.11. The second kappa shape index (κ2) is 6.54. The molecule has 1 saturated heterocycles. The summed E-state index contributed by atoms with van der Waals surface area (Å²) in [5.41, 5.74) is 0.850. The molecule has 1 N–H and O–H groups in total. The van der Waals surface area contributed by atoms with Crippen molar-refractivity contribution in [2.24, 2.45) is 5.92 Å². The summed E-state index contributed by atoms with van der Waals surface area (Å²) >= 11 is 1.37. The minimum absolute atomic E-state index is 0.117. The third-order valence-corrected chi connectivity index (χ3v) is 5.09. The first-order valence-corrected chi connectivity index (χ1v) is 8.05. The summed E-state index contributed by atoms with van der Waals surface area (Å²) in [6.45, 7) is 5.79. The molecule has 2 atom stereocenters. The topological polar surface area (TPSA) is 45.2 Å². The molecule has 0 aromatic carbocycles. The third kappa shape index (κ3) is 3.98. The number of amides is 1. The molecule has 22 heavy (non-hydrogen) atoms. The first-order chi connectivity index (χ1) is 10.2. The number of rotatable bonds is 3. The number of aryl methyl sites for hydroxylation is 2. The number of aromatic nitrogens is 1. The third-order valence-electron chi connectivity index (χ3n) is 4.10. The molecule has 1 amide bonds. The van der Waals surface area contributed by atoms with Crippen LogP contribution < -0.4 is 5.32 Å². The van der Waals surface area contributed by atoms with Crippen LogP contribution in [0.15, 0.2) is 0 Å². The van der Waals surface area contributed by atoms with Gasteiger partial charge in [-0.1, -0.05) is 0 Å². The highest BCUT2D eigenvalue weighted by Crippen LogP contribution is 2.33. The smallest absolute Gasteiger partial charge is 0.301 e. The minimum atomic E-state index is -4.20. The van der Waals surface area contributed by atoms with Crippen molar-refractivity contribution < 1.29 is 18.0 Å². The standard InChI is InChI=1S/C14H20F3N3OS/c1-8-10(3)22-13(18-8)19-12(21)9(2)20-6-4-5-11(7-20)14(15,16)17/h9,11H,4-7H2,1-3H3,(H,18,19,21)/t9-,11+/m1/s1. The first kappa shape index (κ1) is 17.2. The van der Waals surface area contributed by atoms with Crippen LogP contribution in [0.2, 0.25) is 0 Å². The van der Waals surface area contributed by atoms with Crippen molar-refractivity contribution >= 4 is 22.4 Å². The van der Waals surface area contributed by atoms with Crippen LogP contribution in [0.3, 0.4) is 0 Å². The number of nitrogens with zero attached hydrogens (tertiary/aromatic N) is 2. The summed E-state index contributed by atoms with van der Waals surface area (Å²) in [4.78, 5) is 19.1. The lowest BCUT2D eigenvalue weighted by atomic mass is 9.96. The molecule has 4 nitrogen and oxygen atoms in total. The van der Waals surface area contributed by atoms with Gasteiger partial charge in [0.25, 0.3) is 0 Å². The van der Waals surface area contributed by atoms with Crippen LogP contribution in [0, 0.1) is 19.8 Å². The molecule has 2 heterocycles. The predicted octanol–water partition coefficient (Wildman–Crippen LogP) is 3.36. The van der Waals surface area contributed by atoms with Gasteiger partial charge in [0.05, 0.1) is 17.7 Å². The van der Waals surface area contributed by atoms with Crippen molar-refractivity contribution in [1.82, 2.24) is 9.88 Å². The highest BCUT2D eigenvalue weighted by atomic mass is 32.1. The van der Waals surface area contributed by atoms with Gasteiger partial charge in [0.2, 0.25) is 5.91 Å². The van der Waals surface area contributed by atoms with E-state index in [4.69, 9.17) is 0 Å². The van der Waals surface area contributed by atoms with Crippen molar-refractivity contribution in [3.05, 3.63) is 10.6 Å². The van der Waals surface area contributed by atoms with E-state index >= 15 is 0 Å². The van der Waals surface area contributed by atoms with Gasteiger partial charge >= 0.3 is 6.18 Å². The molecular formula is C14H20F3N3OS. The van der Waals surface area contributed by atoms with Gasteiger partial charge in [-0.15, -0.1) is 11.3 Å². The summed E-state index contributed by atoms with van der Waals surface area (Å²) in [5, 5.41) is 3.20. The van der Waals surface area contributed by atoms with Crippen LogP contribution in [0.1, 0.15) is 30.3 Å². The number of thiazole rings is 1. The summed E-state index contributed by atoms with van der Waals surface area (Å²) in [5.74, 6) is -1.66. The zero-order chi connectivity index (χ0) is 16.5. The molecule has 1 aromatic heterocycles. The first-order valence-electron chi connectivity index (χ1n) is 7.24. The number of alkyl halides is 3. The maximum absolute atomic E-state index is 12.8. The van der Waals surface area contributed by atoms with E-state index in [1.807, 2.05) is 13.8 Å². The molecule has 0 radical (unpaired) electrons. The monoisotopic (exact) mass is 335 g/mol. The Morgan fingerprint density at radius 1 is 1.45 bits per heavy atom. The van der Waals surface area contributed by atoms with Crippen molar-refractivity contribution in [3.63, 3.8) is 0 Å². The van der Waals surface area contributed by atoms with Gasteiger partial charge in [-0.25, -0.2) is 4.98 Å². The van der Waals surface area contributed by atoms with Gasteiger partial charge in [-0.3, -0.25) is 9.69 Å². The number of piperidine rings is 1. The number of anilines is 1. The van der Waals surface area contributed by atoms with E-state index in [9.17, 15) is 18.0 Å².